The van der Waals surface area contributed by atoms with Crippen LogP contribution in [-0.2, 0) is 34.0 Å². The molecule has 17 heteroatoms. The lowest BCUT2D eigenvalue weighted by Crippen LogP contribution is -2.58. The van der Waals surface area contributed by atoms with Crippen molar-refractivity contribution in [2.45, 2.75) is 26.8 Å². The summed E-state index contributed by atoms with van der Waals surface area (Å²) in [6.07, 6.45) is 0. The number of hydrogen-bond acceptors (Lipinski definition) is 7. The Kier molecular flexibility index (Phi) is 6.84. The van der Waals surface area contributed by atoms with E-state index in [-0.39, 0.29) is 6.92 Å². The molecule has 0 aromatic carbocycles. The van der Waals surface area contributed by atoms with E-state index in [1.165, 1.54) is 0 Å². The fraction of sp³-hybridized carbons (Fsp3) is 0.778. The molecule has 8 nitrogen and oxygen atoms in total. The van der Waals surface area contributed by atoms with Gasteiger partial charge in [-0.15, -0.1) is 0 Å². The summed E-state index contributed by atoms with van der Waals surface area (Å²) in [6.45, 7) is 0.0943. The molecule has 0 fully saturated rings. The first-order valence-corrected chi connectivity index (χ1v) is 9.70. The molecule has 154 valence electrons. The fourth-order valence-electron chi connectivity index (χ4n) is 1.77. The zero-order valence-corrected chi connectivity index (χ0v) is 15.6. The number of carbonyl (C=O) groups excluding carboxylic acids is 1. The monoisotopic (exact) mass is 502 g/mol. The minimum atomic E-state index is -7.15. The molecule has 0 saturated heterocycles. The third kappa shape index (κ3) is 3.92. The third-order valence-corrected chi connectivity index (χ3v) is 9.32. The highest BCUT2D eigenvalue weighted by Gasteiger charge is 2.69. The van der Waals surface area contributed by atoms with Crippen LogP contribution in [0.3, 0.4) is 0 Å². The summed E-state index contributed by atoms with van der Waals surface area (Å²) in [7, 11) is -13.8. The van der Waals surface area contributed by atoms with Gasteiger partial charge in [0.1, 0.15) is 0 Å². The Labute approximate surface area is 150 Å². The smallest absolute Gasteiger partial charge is 0.480 e. The average molecular weight is 503 g/mol. The molecule has 0 radical (unpaired) electrons. The summed E-state index contributed by atoms with van der Waals surface area (Å²) >= 11 is 2.02. The molecule has 0 spiro atoms. The van der Waals surface area contributed by atoms with Gasteiger partial charge in [-0.1, -0.05) is 22.9 Å². The van der Waals surface area contributed by atoms with Crippen molar-refractivity contribution < 1.29 is 62.6 Å². The first-order chi connectivity index (χ1) is 11.2. The molecule has 0 aliphatic heterocycles. The van der Waals surface area contributed by atoms with Crippen LogP contribution >= 0.6 is 15.9 Å². The molecule has 1 N–H and O–H groups in total. The van der Waals surface area contributed by atoms with Crippen LogP contribution in [0.4, 0.5) is 26.3 Å². The van der Waals surface area contributed by atoms with E-state index in [4.69, 9.17) is 5.11 Å². The van der Waals surface area contributed by atoms with Crippen molar-refractivity contribution in [3.8, 4) is 0 Å². The Bertz CT molecular complexity index is 742. The molecular formula is C9H9BrF6O8S2. The first-order valence-electron chi connectivity index (χ1n) is 5.81. The van der Waals surface area contributed by atoms with Gasteiger partial charge in [-0.05, 0) is 0 Å². The van der Waals surface area contributed by atoms with Crippen LogP contribution in [0, 0.1) is 5.92 Å². The van der Waals surface area contributed by atoms with Gasteiger partial charge in [-0.25, -0.2) is 21.6 Å². The number of esters is 1. The van der Waals surface area contributed by atoms with Crippen LogP contribution in [-0.4, -0.2) is 60.9 Å². The minimum absolute atomic E-state index is 0.0943. The average Bonchev–Trinajstić information content (AvgIpc) is 2.41. The Morgan fingerprint density at radius 2 is 1.27 bits per heavy atom. The van der Waals surface area contributed by atoms with Crippen LogP contribution in [0.15, 0.2) is 0 Å². The zero-order valence-electron chi connectivity index (χ0n) is 12.4. The number of aliphatic carboxylic acids is 1. The highest BCUT2D eigenvalue weighted by atomic mass is 79.9. The second-order valence-electron chi connectivity index (χ2n) is 4.65. The maximum absolute atomic E-state index is 12.7. The lowest BCUT2D eigenvalue weighted by atomic mass is 9.95. The van der Waals surface area contributed by atoms with Gasteiger partial charge in [0.05, 0.1) is 7.11 Å². The molecule has 0 heterocycles. The highest BCUT2D eigenvalue weighted by Crippen LogP contribution is 2.45. The highest BCUT2D eigenvalue weighted by molar-refractivity contribution is 9.10. The summed E-state index contributed by atoms with van der Waals surface area (Å²) in [6, 6.07) is 0. The van der Waals surface area contributed by atoms with Gasteiger partial charge in [0.2, 0.25) is 4.32 Å². The standard InChI is InChI=1S/C9H9BrF6O8S2/c1-3(7(10,5(17)18)6(19)24-2)4(25(20,21)8(11,12)13)26(22,23)9(14,15)16/h3-4H,1-2H3,(H,17,18). The normalized spacial score (nSPS) is 17.5. The minimum Gasteiger partial charge on any atom is -0.480 e. The van der Waals surface area contributed by atoms with E-state index >= 15 is 0 Å². The predicted molar refractivity (Wildman–Crippen MR) is 74.2 cm³/mol. The van der Waals surface area contributed by atoms with Crippen LogP contribution < -0.4 is 0 Å². The van der Waals surface area contributed by atoms with Gasteiger partial charge in [-0.2, -0.15) is 26.3 Å². The van der Waals surface area contributed by atoms with Crippen molar-refractivity contribution in [2.75, 3.05) is 7.11 Å². The molecular weight excluding hydrogens is 494 g/mol. The Morgan fingerprint density at radius 3 is 1.46 bits per heavy atom. The molecule has 2 unspecified atom stereocenters. The van der Waals surface area contributed by atoms with Gasteiger partial charge in [0.25, 0.3) is 19.7 Å². The van der Waals surface area contributed by atoms with Gasteiger partial charge in [0, 0.05) is 5.92 Å². The number of rotatable bonds is 6. The molecule has 0 aromatic heterocycles. The zero-order chi connectivity index (χ0) is 21.5. The van der Waals surface area contributed by atoms with E-state index in [1.54, 1.807) is 0 Å². The Balaban J connectivity index is 7.04. The molecule has 26 heavy (non-hydrogen) atoms. The molecule has 2 atom stereocenters. The summed E-state index contributed by atoms with van der Waals surface area (Å²) in [4.78, 5) is 22.8. The number of hydrogen-bond donors (Lipinski definition) is 1. The van der Waals surface area contributed by atoms with E-state index in [1.807, 2.05) is 15.9 Å². The molecule has 0 aliphatic carbocycles. The lowest BCUT2D eigenvalue weighted by molar-refractivity contribution is -0.155. The maximum Gasteiger partial charge on any atom is 0.498 e. The first kappa shape index (κ1) is 24.9. The Hall–Kier alpha value is -1.10. The molecule has 0 saturated carbocycles. The number of carboxylic acid groups (broad SMARTS) is 1. The van der Waals surface area contributed by atoms with Gasteiger partial charge in [0.15, 0.2) is 4.58 Å². The summed E-state index contributed by atoms with van der Waals surface area (Å²) in [5.74, 6) is -7.63. The van der Waals surface area contributed by atoms with E-state index < -0.39 is 57.5 Å². The van der Waals surface area contributed by atoms with Crippen LogP contribution in [0.2, 0.25) is 0 Å². The van der Waals surface area contributed by atoms with Gasteiger partial charge in [-0.3, -0.25) is 4.79 Å². The number of sulfone groups is 2. The van der Waals surface area contributed by atoms with E-state index in [0.29, 0.717) is 7.11 Å². The van der Waals surface area contributed by atoms with E-state index in [2.05, 4.69) is 4.74 Å². The summed E-state index contributed by atoms with van der Waals surface area (Å²) in [5, 5.41) is 8.99. The third-order valence-electron chi connectivity index (χ3n) is 3.09. The van der Waals surface area contributed by atoms with Crippen molar-refractivity contribution >= 4 is 47.5 Å². The topological polar surface area (TPSA) is 132 Å². The molecule has 0 bridgehead atoms. The van der Waals surface area contributed by atoms with Crippen molar-refractivity contribution in [2.24, 2.45) is 5.92 Å². The van der Waals surface area contributed by atoms with Crippen LogP contribution in [0.25, 0.3) is 0 Å². The van der Waals surface area contributed by atoms with Crippen LogP contribution in [0.5, 0.6) is 0 Å². The molecule has 0 aromatic rings. The number of ether oxygens (including phenoxy) is 1. The lowest BCUT2D eigenvalue weighted by Gasteiger charge is -2.32. The summed E-state index contributed by atoms with van der Waals surface area (Å²) < 4.78 is 118. The Morgan fingerprint density at radius 1 is 0.962 bits per heavy atom. The number of carbonyl (C=O) groups is 2. The fourth-order valence-corrected chi connectivity index (χ4v) is 6.55. The second kappa shape index (κ2) is 7.14. The van der Waals surface area contributed by atoms with Crippen molar-refractivity contribution in [1.82, 2.24) is 0 Å². The van der Waals surface area contributed by atoms with Crippen LogP contribution in [0.1, 0.15) is 6.92 Å². The number of halogens is 7. The predicted octanol–water partition coefficient (Wildman–Crippen LogP) is 1.21. The number of carboxylic acids is 1. The van der Waals surface area contributed by atoms with E-state index in [9.17, 15) is 52.8 Å². The van der Waals surface area contributed by atoms with Crippen molar-refractivity contribution in [1.29, 1.82) is 0 Å². The number of alkyl halides is 7. The van der Waals surface area contributed by atoms with Crippen molar-refractivity contribution in [3.63, 3.8) is 0 Å². The maximum atomic E-state index is 12.7. The van der Waals surface area contributed by atoms with Crippen molar-refractivity contribution in [3.05, 3.63) is 0 Å². The second-order valence-corrected chi connectivity index (χ2v) is 10.3. The van der Waals surface area contributed by atoms with Gasteiger partial charge < -0.3 is 9.84 Å². The molecule has 0 aliphatic rings. The molecule has 0 amide bonds. The quantitative estimate of drug-likeness (QED) is 0.248. The SMILES string of the molecule is COC(=O)C(Br)(C(=O)O)C(C)C(S(=O)(=O)C(F)(F)F)S(=O)(=O)C(F)(F)F. The summed E-state index contributed by atoms with van der Waals surface area (Å²) in [5.41, 5.74) is -13.0. The largest absolute Gasteiger partial charge is 0.498 e. The molecule has 0 rings (SSSR count). The number of methoxy groups -OCH3 is 1. The van der Waals surface area contributed by atoms with Gasteiger partial charge >= 0.3 is 23.0 Å². The van der Waals surface area contributed by atoms with E-state index in [0.717, 1.165) is 0 Å².